The van der Waals surface area contributed by atoms with Crippen LogP contribution in [0, 0.1) is 31.4 Å². The number of carbonyl (C=O) groups is 3. The lowest BCUT2D eigenvalue weighted by Gasteiger charge is -2.29. The van der Waals surface area contributed by atoms with Crippen LogP contribution in [0.1, 0.15) is 81.1 Å². The Morgan fingerprint density at radius 2 is 1.71 bits per heavy atom. The highest BCUT2D eigenvalue weighted by atomic mass is 32.1. The third kappa shape index (κ3) is 6.88. The predicted molar refractivity (Wildman–Crippen MR) is 144 cm³/mol. The zero-order valence-electron chi connectivity index (χ0n) is 23.3. The number of esters is 1. The Balaban J connectivity index is 1.68. The summed E-state index contributed by atoms with van der Waals surface area (Å²) in [6.07, 6.45) is -3.15. The number of alkyl halides is 3. The number of ether oxygens (including phenoxy) is 1. The molecule has 1 fully saturated rings. The zero-order valence-corrected chi connectivity index (χ0v) is 24.1. The molecule has 0 aliphatic heterocycles. The van der Waals surface area contributed by atoms with E-state index in [-0.39, 0.29) is 25.0 Å². The van der Waals surface area contributed by atoms with Gasteiger partial charge in [-0.15, -0.1) is 11.3 Å². The van der Waals surface area contributed by atoms with E-state index >= 15 is 0 Å². The van der Waals surface area contributed by atoms with Crippen molar-refractivity contribution in [3.8, 4) is 0 Å². The molecule has 7 nitrogen and oxygen atoms in total. The molecule has 1 aliphatic carbocycles. The standard InChI is InChI=1S/C29H30F5N3O4S/c1-4-41-28(40)19-5-7-22(8-6-19)37-26(29(32,33)34)23(12-35-37)27(39)36(13-18-9-20(30)11-21(31)10-18)14-24(38)25-16(2)15-42-17(25)3/h9-12,15,19,22H,4-8,13-14H2,1-3H3. The number of rotatable bonds is 9. The van der Waals surface area contributed by atoms with Gasteiger partial charge in [-0.1, -0.05) is 0 Å². The van der Waals surface area contributed by atoms with Gasteiger partial charge in [-0.05, 0) is 75.1 Å². The summed E-state index contributed by atoms with van der Waals surface area (Å²) in [6.45, 7) is 4.14. The molecule has 1 aliphatic rings. The van der Waals surface area contributed by atoms with Gasteiger partial charge in [0.2, 0.25) is 0 Å². The van der Waals surface area contributed by atoms with Gasteiger partial charge in [0.25, 0.3) is 5.91 Å². The highest BCUT2D eigenvalue weighted by Gasteiger charge is 2.43. The van der Waals surface area contributed by atoms with E-state index in [0.717, 1.165) is 27.9 Å². The summed E-state index contributed by atoms with van der Waals surface area (Å²) in [6, 6.07) is 1.80. The van der Waals surface area contributed by atoms with Crippen LogP contribution in [-0.4, -0.2) is 45.5 Å². The number of carbonyl (C=O) groups excluding carboxylic acids is 3. The van der Waals surface area contributed by atoms with E-state index in [4.69, 9.17) is 4.74 Å². The topological polar surface area (TPSA) is 81.5 Å². The van der Waals surface area contributed by atoms with E-state index in [1.165, 1.54) is 11.3 Å². The van der Waals surface area contributed by atoms with Crippen LogP contribution >= 0.6 is 11.3 Å². The van der Waals surface area contributed by atoms with Gasteiger partial charge < -0.3 is 9.64 Å². The normalized spacial score (nSPS) is 17.2. The molecule has 0 atom stereocenters. The maximum atomic E-state index is 14.5. The number of hydrogen-bond acceptors (Lipinski definition) is 6. The van der Waals surface area contributed by atoms with E-state index in [1.807, 2.05) is 0 Å². The van der Waals surface area contributed by atoms with Gasteiger partial charge in [0, 0.05) is 23.1 Å². The third-order valence-electron chi connectivity index (χ3n) is 7.31. The molecule has 0 saturated heterocycles. The Bertz CT molecular complexity index is 1430. The third-order valence-corrected chi connectivity index (χ3v) is 8.34. The zero-order chi connectivity index (χ0) is 30.8. The van der Waals surface area contributed by atoms with Crippen molar-refractivity contribution >= 4 is 29.0 Å². The molecule has 0 N–H and O–H groups in total. The smallest absolute Gasteiger partial charge is 0.433 e. The van der Waals surface area contributed by atoms with Gasteiger partial charge in [-0.2, -0.15) is 18.3 Å². The first kappa shape index (κ1) is 31.3. The molecule has 0 unspecified atom stereocenters. The lowest BCUT2D eigenvalue weighted by Crippen LogP contribution is -2.37. The molecule has 1 amide bonds. The number of thiophene rings is 1. The Hall–Kier alpha value is -3.61. The number of aromatic nitrogens is 2. The van der Waals surface area contributed by atoms with E-state index < -0.39 is 71.8 Å². The molecule has 2 aromatic heterocycles. The molecule has 1 saturated carbocycles. The van der Waals surface area contributed by atoms with Crippen molar-refractivity contribution in [1.29, 1.82) is 0 Å². The van der Waals surface area contributed by atoms with Gasteiger partial charge in [-0.3, -0.25) is 19.1 Å². The molecule has 4 rings (SSSR count). The number of amides is 1. The van der Waals surface area contributed by atoms with Gasteiger partial charge in [0.15, 0.2) is 11.5 Å². The Kier molecular flexibility index (Phi) is 9.49. The molecular weight excluding hydrogens is 581 g/mol. The quantitative estimate of drug-likeness (QED) is 0.153. The summed E-state index contributed by atoms with van der Waals surface area (Å²) in [4.78, 5) is 40.6. The fraction of sp³-hybridized carbons (Fsp3) is 0.448. The van der Waals surface area contributed by atoms with Gasteiger partial charge in [0.1, 0.15) is 11.6 Å². The van der Waals surface area contributed by atoms with Crippen molar-refractivity contribution in [3.05, 3.63) is 74.2 Å². The van der Waals surface area contributed by atoms with Crippen molar-refractivity contribution in [1.82, 2.24) is 14.7 Å². The van der Waals surface area contributed by atoms with Crippen LogP contribution in [0.15, 0.2) is 29.8 Å². The minimum atomic E-state index is -4.99. The van der Waals surface area contributed by atoms with Crippen LogP contribution in [0.4, 0.5) is 22.0 Å². The number of benzene rings is 1. The van der Waals surface area contributed by atoms with Crippen molar-refractivity contribution < 1.29 is 41.1 Å². The number of hydrogen-bond donors (Lipinski definition) is 0. The summed E-state index contributed by atoms with van der Waals surface area (Å²) < 4.78 is 77.1. The number of ketones is 1. The summed E-state index contributed by atoms with van der Waals surface area (Å²) in [7, 11) is 0. The highest BCUT2D eigenvalue weighted by Crippen LogP contribution is 2.39. The molecule has 1 aromatic carbocycles. The molecule has 226 valence electrons. The lowest BCUT2D eigenvalue weighted by atomic mass is 9.86. The van der Waals surface area contributed by atoms with E-state index in [2.05, 4.69) is 5.10 Å². The number of Topliss-reactive ketones (excluding diaryl/α,β-unsaturated/α-hetero) is 1. The van der Waals surface area contributed by atoms with Gasteiger partial charge >= 0.3 is 12.1 Å². The molecule has 0 radical (unpaired) electrons. The second-order valence-corrected chi connectivity index (χ2v) is 11.4. The van der Waals surface area contributed by atoms with E-state index in [0.29, 0.717) is 34.9 Å². The molecule has 42 heavy (non-hydrogen) atoms. The minimum absolute atomic E-state index is 0.0364. The molecule has 13 heteroatoms. The van der Waals surface area contributed by atoms with Crippen molar-refractivity contribution in [2.45, 2.75) is 65.2 Å². The van der Waals surface area contributed by atoms with E-state index in [9.17, 15) is 36.3 Å². The minimum Gasteiger partial charge on any atom is -0.466 e. The van der Waals surface area contributed by atoms with Gasteiger partial charge in [-0.25, -0.2) is 8.78 Å². The summed E-state index contributed by atoms with van der Waals surface area (Å²) in [5.41, 5.74) is -1.11. The number of aryl methyl sites for hydroxylation is 2. The predicted octanol–water partition coefficient (Wildman–Crippen LogP) is 6.68. The molecule has 0 spiro atoms. The van der Waals surface area contributed by atoms with Crippen molar-refractivity contribution in [3.63, 3.8) is 0 Å². The van der Waals surface area contributed by atoms with Crippen molar-refractivity contribution in [2.75, 3.05) is 13.2 Å². The Morgan fingerprint density at radius 3 is 2.26 bits per heavy atom. The average molecular weight is 612 g/mol. The van der Waals surface area contributed by atoms with Crippen molar-refractivity contribution in [2.24, 2.45) is 5.92 Å². The molecule has 3 aromatic rings. The van der Waals surface area contributed by atoms with Crippen LogP contribution in [0.25, 0.3) is 0 Å². The number of nitrogens with zero attached hydrogens (tertiary/aromatic N) is 3. The van der Waals surface area contributed by atoms with Crippen LogP contribution < -0.4 is 0 Å². The van der Waals surface area contributed by atoms with Crippen LogP contribution in [0.3, 0.4) is 0 Å². The fourth-order valence-electron chi connectivity index (χ4n) is 5.43. The average Bonchev–Trinajstić information content (AvgIpc) is 3.51. The van der Waals surface area contributed by atoms with Crippen LogP contribution in [-0.2, 0) is 22.3 Å². The second-order valence-electron chi connectivity index (χ2n) is 10.3. The lowest BCUT2D eigenvalue weighted by molar-refractivity contribution is -0.151. The van der Waals surface area contributed by atoms with E-state index in [1.54, 1.807) is 26.2 Å². The Labute approximate surface area is 243 Å². The number of halogens is 5. The molecule has 2 heterocycles. The van der Waals surface area contributed by atoms with Gasteiger partial charge in [0.05, 0.1) is 36.9 Å². The van der Waals surface area contributed by atoms with Crippen LogP contribution in [0.2, 0.25) is 0 Å². The fourth-order valence-corrected chi connectivity index (χ4v) is 6.29. The monoisotopic (exact) mass is 611 g/mol. The second kappa shape index (κ2) is 12.7. The summed E-state index contributed by atoms with van der Waals surface area (Å²) in [5.74, 6) is -4.36. The summed E-state index contributed by atoms with van der Waals surface area (Å²) >= 11 is 1.31. The summed E-state index contributed by atoms with van der Waals surface area (Å²) in [5, 5.41) is 5.69. The first-order valence-electron chi connectivity index (χ1n) is 13.4. The maximum Gasteiger partial charge on any atom is 0.433 e. The molecular formula is C29H30F5N3O4S. The first-order valence-corrected chi connectivity index (χ1v) is 14.3. The Morgan fingerprint density at radius 1 is 1.07 bits per heavy atom. The first-order chi connectivity index (χ1) is 19.8. The van der Waals surface area contributed by atoms with Crippen LogP contribution in [0.5, 0.6) is 0 Å². The molecule has 0 bridgehead atoms. The highest BCUT2D eigenvalue weighted by molar-refractivity contribution is 7.10. The maximum absolute atomic E-state index is 14.5. The SMILES string of the molecule is CCOC(=O)C1CCC(n2ncc(C(=O)N(CC(=O)c3c(C)csc3C)Cc3cc(F)cc(F)c3)c2C(F)(F)F)CC1. The largest absolute Gasteiger partial charge is 0.466 e.